The van der Waals surface area contributed by atoms with Gasteiger partial charge in [0.25, 0.3) is 0 Å². The van der Waals surface area contributed by atoms with Crippen molar-refractivity contribution >= 4 is 45.9 Å². The summed E-state index contributed by atoms with van der Waals surface area (Å²) in [5.74, 6) is -0.268. The van der Waals surface area contributed by atoms with Gasteiger partial charge in [0, 0.05) is 10.4 Å². The summed E-state index contributed by atoms with van der Waals surface area (Å²) in [6.07, 6.45) is 0.147. The summed E-state index contributed by atoms with van der Waals surface area (Å²) in [4.78, 5) is 17.6. The summed E-state index contributed by atoms with van der Waals surface area (Å²) in [5, 5.41) is 17.5. The van der Waals surface area contributed by atoms with Crippen LogP contribution in [-0.4, -0.2) is 16.0 Å². The number of phenols is 1. The Morgan fingerprint density at radius 2 is 2.18 bits per heavy atom. The second-order valence-electron chi connectivity index (χ2n) is 4.51. The van der Waals surface area contributed by atoms with Gasteiger partial charge in [-0.2, -0.15) is 0 Å². The average molecular weight is 351 g/mol. The van der Waals surface area contributed by atoms with E-state index < -0.39 is 0 Å². The lowest BCUT2D eigenvalue weighted by Crippen LogP contribution is -2.14. The Hall–Kier alpha value is -1.89. The molecular weight excluding hydrogens is 340 g/mol. The molecule has 0 bridgehead atoms. The molecule has 0 atom stereocenters. The molecule has 7 heteroatoms. The molecular formula is C15H11ClN2O2S2. The molecule has 0 radical (unpaired) electrons. The molecule has 112 valence electrons. The van der Waals surface area contributed by atoms with E-state index in [-0.39, 0.29) is 18.1 Å². The lowest BCUT2D eigenvalue weighted by Gasteiger charge is -2.06. The number of nitrogens with one attached hydrogen (secondary N) is 1. The molecule has 0 aliphatic carbocycles. The highest BCUT2D eigenvalue weighted by Gasteiger charge is 2.11. The summed E-state index contributed by atoms with van der Waals surface area (Å²) in [5.41, 5.74) is 0.999. The number of carbonyl (C=O) groups is 1. The number of amides is 1. The average Bonchev–Trinajstić information content (AvgIpc) is 3.13. The minimum absolute atomic E-state index is 0.0182. The number of hydrogen-bond donors (Lipinski definition) is 2. The Balaban J connectivity index is 1.68. The Kier molecular flexibility index (Phi) is 4.42. The second-order valence-corrected chi connectivity index (χ2v) is 6.75. The van der Waals surface area contributed by atoms with Crippen LogP contribution in [0.25, 0.3) is 9.88 Å². The van der Waals surface area contributed by atoms with E-state index in [0.717, 1.165) is 9.88 Å². The minimum atomic E-state index is -0.249. The fourth-order valence-corrected chi connectivity index (χ4v) is 3.67. The van der Waals surface area contributed by atoms with Gasteiger partial charge in [-0.1, -0.05) is 17.7 Å². The molecule has 2 aromatic heterocycles. The van der Waals surface area contributed by atoms with Gasteiger partial charge in [0.05, 0.1) is 22.7 Å². The van der Waals surface area contributed by atoms with Crippen molar-refractivity contribution in [3.05, 3.63) is 51.8 Å². The molecule has 3 rings (SSSR count). The molecule has 0 saturated carbocycles. The highest BCUT2D eigenvalue weighted by Crippen LogP contribution is 2.29. The van der Waals surface area contributed by atoms with Crippen LogP contribution in [0.3, 0.4) is 0 Å². The highest BCUT2D eigenvalue weighted by molar-refractivity contribution is 7.20. The third kappa shape index (κ3) is 3.47. The van der Waals surface area contributed by atoms with Crippen LogP contribution in [0, 0.1) is 0 Å². The van der Waals surface area contributed by atoms with Crippen molar-refractivity contribution in [1.82, 2.24) is 4.98 Å². The van der Waals surface area contributed by atoms with E-state index in [4.69, 9.17) is 11.6 Å². The molecule has 0 unspecified atom stereocenters. The molecule has 22 heavy (non-hydrogen) atoms. The number of hydrogen-bond acceptors (Lipinski definition) is 5. The van der Waals surface area contributed by atoms with E-state index in [9.17, 15) is 9.90 Å². The van der Waals surface area contributed by atoms with Crippen molar-refractivity contribution in [1.29, 1.82) is 0 Å². The third-order valence-corrected chi connectivity index (χ3v) is 5.02. The van der Waals surface area contributed by atoms with E-state index in [1.54, 1.807) is 17.4 Å². The number of thiazole rings is 1. The smallest absolute Gasteiger partial charge is 0.230 e. The van der Waals surface area contributed by atoms with Crippen LogP contribution in [0.4, 0.5) is 5.69 Å². The third-order valence-electron chi connectivity index (χ3n) is 2.86. The summed E-state index contributed by atoms with van der Waals surface area (Å²) in [6, 6.07) is 8.47. The largest absolute Gasteiger partial charge is 0.506 e. The van der Waals surface area contributed by atoms with Crippen LogP contribution in [0.2, 0.25) is 5.02 Å². The quantitative estimate of drug-likeness (QED) is 0.685. The molecule has 2 heterocycles. The zero-order valence-corrected chi connectivity index (χ0v) is 13.6. The molecule has 1 aromatic carbocycles. The van der Waals surface area contributed by atoms with Crippen LogP contribution < -0.4 is 5.32 Å². The van der Waals surface area contributed by atoms with Crippen LogP contribution in [0.5, 0.6) is 5.75 Å². The van der Waals surface area contributed by atoms with Gasteiger partial charge in [0.15, 0.2) is 0 Å². The van der Waals surface area contributed by atoms with E-state index >= 15 is 0 Å². The summed E-state index contributed by atoms with van der Waals surface area (Å²) < 4.78 is 0. The lowest BCUT2D eigenvalue weighted by atomic mass is 10.2. The van der Waals surface area contributed by atoms with Gasteiger partial charge in [0.2, 0.25) is 5.91 Å². The van der Waals surface area contributed by atoms with Crippen molar-refractivity contribution in [2.24, 2.45) is 0 Å². The van der Waals surface area contributed by atoms with E-state index in [1.807, 2.05) is 22.9 Å². The molecule has 4 nitrogen and oxygen atoms in total. The van der Waals surface area contributed by atoms with Gasteiger partial charge in [-0.15, -0.1) is 22.7 Å². The maximum atomic E-state index is 12.0. The van der Waals surface area contributed by atoms with E-state index in [0.29, 0.717) is 16.4 Å². The Labute approximate surface area is 140 Å². The number of thiophene rings is 1. The first-order valence-corrected chi connectivity index (χ1v) is 8.52. The molecule has 3 aromatic rings. The molecule has 0 fully saturated rings. The van der Waals surface area contributed by atoms with Crippen LogP contribution in [0.1, 0.15) is 5.69 Å². The van der Waals surface area contributed by atoms with Crippen LogP contribution in [0.15, 0.2) is 41.1 Å². The zero-order valence-electron chi connectivity index (χ0n) is 11.2. The van der Waals surface area contributed by atoms with Crippen molar-refractivity contribution < 1.29 is 9.90 Å². The number of benzene rings is 1. The van der Waals surface area contributed by atoms with Gasteiger partial charge in [-0.05, 0) is 29.6 Å². The molecule has 0 aliphatic rings. The summed E-state index contributed by atoms with van der Waals surface area (Å²) >= 11 is 8.97. The fraction of sp³-hybridized carbons (Fsp3) is 0.0667. The van der Waals surface area contributed by atoms with Crippen molar-refractivity contribution in [3.63, 3.8) is 0 Å². The van der Waals surface area contributed by atoms with Gasteiger partial charge < -0.3 is 10.4 Å². The number of carbonyl (C=O) groups excluding carboxylic acids is 1. The number of nitrogens with zero attached hydrogens (tertiary/aromatic N) is 1. The normalized spacial score (nSPS) is 10.6. The summed E-state index contributed by atoms with van der Waals surface area (Å²) in [7, 11) is 0. The Morgan fingerprint density at radius 3 is 2.95 bits per heavy atom. The maximum Gasteiger partial charge on any atom is 0.230 e. The predicted molar refractivity (Wildman–Crippen MR) is 90.9 cm³/mol. The minimum Gasteiger partial charge on any atom is -0.506 e. The first-order chi connectivity index (χ1) is 10.6. The summed E-state index contributed by atoms with van der Waals surface area (Å²) in [6.45, 7) is 0. The van der Waals surface area contributed by atoms with Crippen LogP contribution in [-0.2, 0) is 11.2 Å². The molecule has 2 N–H and O–H groups in total. The Bertz CT molecular complexity index is 800. The van der Waals surface area contributed by atoms with Gasteiger partial charge in [0.1, 0.15) is 10.8 Å². The molecule has 1 amide bonds. The maximum absolute atomic E-state index is 12.0. The highest BCUT2D eigenvalue weighted by atomic mass is 35.5. The number of anilines is 1. The first kappa shape index (κ1) is 15.0. The van der Waals surface area contributed by atoms with Gasteiger partial charge in [-0.3, -0.25) is 4.79 Å². The standard InChI is InChI=1S/C15H11ClN2O2S2/c16-9-3-4-12(19)11(6-9)18-14(20)7-10-8-22-15(17-10)13-2-1-5-21-13/h1-6,8,19H,7H2,(H,18,20). The zero-order chi connectivity index (χ0) is 15.5. The fourth-order valence-electron chi connectivity index (χ4n) is 1.87. The monoisotopic (exact) mass is 350 g/mol. The number of halogens is 1. The van der Waals surface area contributed by atoms with E-state index in [1.165, 1.54) is 23.5 Å². The SMILES string of the molecule is O=C(Cc1csc(-c2cccs2)n1)Nc1cc(Cl)ccc1O. The van der Waals surface area contributed by atoms with Crippen LogP contribution >= 0.6 is 34.3 Å². The van der Waals surface area contributed by atoms with Crippen molar-refractivity contribution in [2.75, 3.05) is 5.32 Å². The molecule has 0 spiro atoms. The number of aromatic nitrogens is 1. The number of aromatic hydroxyl groups is 1. The predicted octanol–water partition coefficient (Wildman–Crippen LogP) is 4.41. The van der Waals surface area contributed by atoms with Gasteiger partial charge in [-0.25, -0.2) is 4.98 Å². The van der Waals surface area contributed by atoms with Gasteiger partial charge >= 0.3 is 0 Å². The lowest BCUT2D eigenvalue weighted by molar-refractivity contribution is -0.115. The first-order valence-electron chi connectivity index (χ1n) is 6.38. The van der Waals surface area contributed by atoms with Crippen molar-refractivity contribution in [2.45, 2.75) is 6.42 Å². The van der Waals surface area contributed by atoms with Crippen molar-refractivity contribution in [3.8, 4) is 15.6 Å². The van der Waals surface area contributed by atoms with E-state index in [2.05, 4.69) is 10.3 Å². The Morgan fingerprint density at radius 1 is 1.32 bits per heavy atom. The topological polar surface area (TPSA) is 62.2 Å². The number of phenolic OH excluding ortho intramolecular Hbond substituents is 1. The molecule has 0 aliphatic heterocycles. The second kappa shape index (κ2) is 6.48. The molecule has 0 saturated heterocycles. The number of rotatable bonds is 4.